The Morgan fingerprint density at radius 1 is 1.09 bits per heavy atom. The minimum Gasteiger partial charge on any atom is -0.497 e. The molecule has 176 valence electrons. The first-order chi connectivity index (χ1) is 16.8. The molecule has 0 aliphatic rings. The molecule has 0 unspecified atom stereocenters. The van der Waals surface area contributed by atoms with Crippen molar-refractivity contribution in [1.29, 1.82) is 5.26 Å². The Morgan fingerprint density at radius 2 is 1.80 bits per heavy atom. The number of nitrogens with one attached hydrogen (secondary N) is 2. The van der Waals surface area contributed by atoms with E-state index in [-0.39, 0.29) is 5.91 Å². The number of rotatable bonds is 7. The zero-order valence-electron chi connectivity index (χ0n) is 19.6. The average molecular weight is 486 g/mol. The van der Waals surface area contributed by atoms with Gasteiger partial charge >= 0.3 is 0 Å². The van der Waals surface area contributed by atoms with Crippen molar-refractivity contribution in [2.75, 3.05) is 12.4 Å². The van der Waals surface area contributed by atoms with Gasteiger partial charge in [-0.2, -0.15) is 5.26 Å². The number of halogens is 1. The molecule has 4 rings (SSSR count). The molecule has 0 saturated heterocycles. The molecule has 2 heterocycles. The second kappa shape index (κ2) is 10.00. The van der Waals surface area contributed by atoms with Gasteiger partial charge < -0.3 is 15.4 Å². The molecule has 0 saturated carbocycles. The quantitative estimate of drug-likeness (QED) is 0.322. The topological polar surface area (TPSA) is 99.9 Å². The molecule has 35 heavy (non-hydrogen) atoms. The van der Waals surface area contributed by atoms with Crippen molar-refractivity contribution in [1.82, 2.24) is 15.3 Å². The number of hydrogen-bond acceptors (Lipinski definition) is 6. The van der Waals surface area contributed by atoms with Gasteiger partial charge in [0.05, 0.1) is 35.4 Å². The van der Waals surface area contributed by atoms with Crippen molar-refractivity contribution >= 4 is 39.9 Å². The molecule has 0 bridgehead atoms. The van der Waals surface area contributed by atoms with Crippen molar-refractivity contribution in [2.24, 2.45) is 0 Å². The Morgan fingerprint density at radius 3 is 2.46 bits per heavy atom. The normalized spacial score (nSPS) is 11.1. The van der Waals surface area contributed by atoms with Gasteiger partial charge in [0.15, 0.2) is 0 Å². The summed E-state index contributed by atoms with van der Waals surface area (Å²) in [5.41, 5.74) is 3.87. The SMILES string of the molecule is COc1ccc(CNC(=O)c2cnc3ccc(Cl)nc3c2Nc2ccc(C(C)(C)C#N)cc2)cc1. The van der Waals surface area contributed by atoms with Crippen molar-refractivity contribution < 1.29 is 9.53 Å². The maximum atomic E-state index is 13.2. The summed E-state index contributed by atoms with van der Waals surface area (Å²) in [4.78, 5) is 22.0. The maximum absolute atomic E-state index is 13.2. The van der Waals surface area contributed by atoms with Crippen molar-refractivity contribution in [3.8, 4) is 11.8 Å². The smallest absolute Gasteiger partial charge is 0.255 e. The number of ether oxygens (including phenoxy) is 1. The Bertz CT molecular complexity index is 1410. The molecule has 2 aromatic heterocycles. The highest BCUT2D eigenvalue weighted by Crippen LogP contribution is 2.30. The largest absolute Gasteiger partial charge is 0.497 e. The number of fused-ring (bicyclic) bond motifs is 1. The molecule has 0 aliphatic carbocycles. The molecule has 2 N–H and O–H groups in total. The van der Waals surface area contributed by atoms with Crippen LogP contribution in [0.2, 0.25) is 5.15 Å². The highest BCUT2D eigenvalue weighted by atomic mass is 35.5. The maximum Gasteiger partial charge on any atom is 0.255 e. The second-order valence-electron chi connectivity index (χ2n) is 8.52. The van der Waals surface area contributed by atoms with Crippen LogP contribution in [0.3, 0.4) is 0 Å². The number of methoxy groups -OCH3 is 1. The number of benzene rings is 2. The molecular weight excluding hydrogens is 462 g/mol. The lowest BCUT2D eigenvalue weighted by molar-refractivity contribution is 0.0951. The van der Waals surface area contributed by atoms with Gasteiger partial charge in [-0.05, 0) is 61.4 Å². The monoisotopic (exact) mass is 485 g/mol. The summed E-state index contributed by atoms with van der Waals surface area (Å²) >= 11 is 6.17. The van der Waals surface area contributed by atoms with Gasteiger partial charge in [-0.3, -0.25) is 9.78 Å². The zero-order chi connectivity index (χ0) is 25.0. The van der Waals surface area contributed by atoms with E-state index in [4.69, 9.17) is 16.3 Å². The number of carbonyl (C=O) groups is 1. The van der Waals surface area contributed by atoms with E-state index >= 15 is 0 Å². The molecule has 0 radical (unpaired) electrons. The Kier molecular flexibility index (Phi) is 6.85. The molecule has 4 aromatic rings. The van der Waals surface area contributed by atoms with Gasteiger partial charge in [0, 0.05) is 18.4 Å². The predicted octanol–water partition coefficient (Wildman–Crippen LogP) is 5.77. The number of pyridine rings is 2. The minimum atomic E-state index is -0.608. The Labute approximate surface area is 208 Å². The second-order valence-corrected chi connectivity index (χ2v) is 8.91. The summed E-state index contributed by atoms with van der Waals surface area (Å²) in [6, 6.07) is 20.7. The van der Waals surface area contributed by atoms with Crippen molar-refractivity contribution in [3.05, 3.63) is 88.7 Å². The number of nitrogens with zero attached hydrogens (tertiary/aromatic N) is 3. The highest BCUT2D eigenvalue weighted by molar-refractivity contribution is 6.30. The van der Waals surface area contributed by atoms with Gasteiger partial charge in [0.25, 0.3) is 5.91 Å². The third kappa shape index (κ3) is 5.34. The van der Waals surface area contributed by atoms with Gasteiger partial charge in [-0.25, -0.2) is 4.98 Å². The van der Waals surface area contributed by atoms with E-state index < -0.39 is 5.41 Å². The lowest BCUT2D eigenvalue weighted by atomic mass is 9.86. The molecule has 0 aliphatic heterocycles. The van der Waals surface area contributed by atoms with Crippen molar-refractivity contribution in [3.63, 3.8) is 0 Å². The summed E-state index contributed by atoms with van der Waals surface area (Å²) in [5.74, 6) is 0.444. The fourth-order valence-electron chi connectivity index (χ4n) is 3.54. The van der Waals surface area contributed by atoms with Crippen LogP contribution in [0, 0.1) is 11.3 Å². The van der Waals surface area contributed by atoms with Crippen LogP contribution in [-0.4, -0.2) is 23.0 Å². The lowest BCUT2D eigenvalue weighted by Gasteiger charge is -2.17. The van der Waals surface area contributed by atoms with Gasteiger partial charge in [-0.15, -0.1) is 0 Å². The van der Waals surface area contributed by atoms with Crippen LogP contribution in [0.5, 0.6) is 5.75 Å². The molecule has 8 heteroatoms. The van der Waals surface area contributed by atoms with E-state index in [2.05, 4.69) is 26.7 Å². The van der Waals surface area contributed by atoms with Gasteiger partial charge in [0.1, 0.15) is 16.4 Å². The van der Waals surface area contributed by atoms with Crippen molar-refractivity contribution in [2.45, 2.75) is 25.8 Å². The third-order valence-corrected chi connectivity index (χ3v) is 5.90. The summed E-state index contributed by atoms with van der Waals surface area (Å²) in [7, 11) is 1.61. The highest BCUT2D eigenvalue weighted by Gasteiger charge is 2.20. The van der Waals surface area contributed by atoms with Crippen LogP contribution in [0.1, 0.15) is 35.3 Å². The lowest BCUT2D eigenvalue weighted by Crippen LogP contribution is -2.24. The summed E-state index contributed by atoms with van der Waals surface area (Å²) < 4.78 is 5.18. The van der Waals surface area contributed by atoms with E-state index in [1.807, 2.05) is 62.4 Å². The van der Waals surface area contributed by atoms with Crippen LogP contribution >= 0.6 is 11.6 Å². The van der Waals surface area contributed by atoms with Crippen LogP contribution in [0.4, 0.5) is 11.4 Å². The zero-order valence-corrected chi connectivity index (χ0v) is 20.3. The van der Waals surface area contributed by atoms with E-state index in [0.717, 1.165) is 22.6 Å². The summed E-state index contributed by atoms with van der Waals surface area (Å²) in [5, 5.41) is 16.0. The molecule has 7 nitrogen and oxygen atoms in total. The van der Waals surface area contributed by atoms with Crippen LogP contribution in [-0.2, 0) is 12.0 Å². The number of carbonyl (C=O) groups excluding carboxylic acids is 1. The van der Waals surface area contributed by atoms with Gasteiger partial charge in [-0.1, -0.05) is 35.9 Å². The first-order valence-corrected chi connectivity index (χ1v) is 11.3. The molecule has 0 atom stereocenters. The fraction of sp³-hybridized carbons (Fsp3) is 0.185. The molecular formula is C27H24ClN5O2. The number of amides is 1. The van der Waals surface area contributed by atoms with Crippen LogP contribution in [0.15, 0.2) is 66.9 Å². The predicted molar refractivity (Wildman–Crippen MR) is 137 cm³/mol. The first-order valence-electron chi connectivity index (χ1n) is 11.0. The number of nitriles is 1. The summed E-state index contributed by atoms with van der Waals surface area (Å²) in [6.07, 6.45) is 1.52. The first kappa shape index (κ1) is 24.0. The molecule has 0 fully saturated rings. The van der Waals surface area contributed by atoms with E-state index in [9.17, 15) is 10.1 Å². The minimum absolute atomic E-state index is 0.296. The number of hydrogen-bond donors (Lipinski definition) is 2. The Balaban J connectivity index is 1.66. The average Bonchev–Trinajstić information content (AvgIpc) is 2.88. The third-order valence-electron chi connectivity index (χ3n) is 5.69. The fourth-order valence-corrected chi connectivity index (χ4v) is 3.69. The van der Waals surface area contributed by atoms with E-state index in [1.54, 1.807) is 19.2 Å². The molecule has 2 aromatic carbocycles. The number of anilines is 2. The van der Waals surface area contributed by atoms with E-state index in [1.165, 1.54) is 6.20 Å². The number of aromatic nitrogens is 2. The molecule has 1 amide bonds. The van der Waals surface area contributed by atoms with Crippen LogP contribution in [0.25, 0.3) is 11.0 Å². The van der Waals surface area contributed by atoms with Gasteiger partial charge in [0.2, 0.25) is 0 Å². The standard InChI is InChI=1S/C27H24ClN5O2/c1-27(2,16-29)18-6-8-19(9-7-18)32-24-21(15-30-22-12-13-23(28)33-25(22)24)26(34)31-14-17-4-10-20(35-3)11-5-17/h4-13,15H,14H2,1-3H3,(H,30,32)(H,31,34). The van der Waals surface area contributed by atoms with Crippen LogP contribution < -0.4 is 15.4 Å². The van der Waals surface area contributed by atoms with E-state index in [0.29, 0.717) is 34.0 Å². The summed E-state index contributed by atoms with van der Waals surface area (Å²) in [6.45, 7) is 4.06. The molecule has 0 spiro atoms. The Hall–Kier alpha value is -4.15.